The highest BCUT2D eigenvalue weighted by molar-refractivity contribution is 5.95. The molecule has 2 aromatic rings. The second-order valence-corrected chi connectivity index (χ2v) is 7.27. The Kier molecular flexibility index (Phi) is 4.23. The van der Waals surface area contributed by atoms with Crippen LogP contribution < -0.4 is 0 Å². The molecule has 7 heteroatoms. The monoisotopic (exact) mass is 340 g/mol. The van der Waals surface area contributed by atoms with Crippen LogP contribution in [0.5, 0.6) is 0 Å². The smallest absolute Gasteiger partial charge is 0.257 e. The van der Waals surface area contributed by atoms with Crippen molar-refractivity contribution in [3.05, 3.63) is 35.4 Å². The van der Waals surface area contributed by atoms with Gasteiger partial charge in [0.15, 0.2) is 0 Å². The lowest BCUT2D eigenvalue weighted by molar-refractivity contribution is 0.0707. The van der Waals surface area contributed by atoms with Crippen LogP contribution in [0.1, 0.15) is 72.6 Å². The molecule has 1 amide bonds. The van der Waals surface area contributed by atoms with Crippen LogP contribution >= 0.6 is 0 Å². The number of nitrogens with zero attached hydrogens (tertiary/aromatic N) is 6. The summed E-state index contributed by atoms with van der Waals surface area (Å²) < 4.78 is 2.28. The minimum atomic E-state index is 0.0502. The number of likely N-dealkylation sites (tertiary alicyclic amines) is 1. The van der Waals surface area contributed by atoms with Crippen LogP contribution in [-0.4, -0.2) is 48.6 Å². The molecule has 0 bridgehead atoms. The van der Waals surface area contributed by atoms with E-state index in [1.165, 1.54) is 12.7 Å². The number of rotatable bonds is 3. The third-order valence-corrected chi connectivity index (χ3v) is 5.31. The number of hydrogen-bond acceptors (Lipinski definition) is 5. The minimum absolute atomic E-state index is 0.0502. The van der Waals surface area contributed by atoms with Gasteiger partial charge in [0.05, 0.1) is 11.3 Å². The Morgan fingerprint density at radius 1 is 1.20 bits per heavy atom. The Morgan fingerprint density at radius 2 is 2.00 bits per heavy atom. The van der Waals surface area contributed by atoms with Gasteiger partial charge in [0.1, 0.15) is 18.0 Å². The minimum Gasteiger partial charge on any atom is -0.338 e. The number of piperidine rings is 1. The zero-order valence-corrected chi connectivity index (χ0v) is 14.9. The number of carbonyl (C=O) groups excluding carboxylic acids is 1. The summed E-state index contributed by atoms with van der Waals surface area (Å²) >= 11 is 0. The van der Waals surface area contributed by atoms with Gasteiger partial charge in [0.25, 0.3) is 5.91 Å². The van der Waals surface area contributed by atoms with Crippen molar-refractivity contribution in [2.24, 2.45) is 0 Å². The Bertz CT molecular complexity index is 776. The van der Waals surface area contributed by atoms with Crippen LogP contribution in [0, 0.1) is 0 Å². The van der Waals surface area contributed by atoms with Crippen molar-refractivity contribution in [2.75, 3.05) is 13.1 Å². The van der Waals surface area contributed by atoms with E-state index < -0.39 is 0 Å². The Morgan fingerprint density at radius 3 is 2.76 bits per heavy atom. The average Bonchev–Trinajstić information content (AvgIpc) is 3.25. The first-order chi connectivity index (χ1) is 12.1. The van der Waals surface area contributed by atoms with Gasteiger partial charge < -0.3 is 9.47 Å². The fourth-order valence-corrected chi connectivity index (χ4v) is 3.95. The molecule has 0 aromatic carbocycles. The number of hydrogen-bond donors (Lipinski definition) is 0. The van der Waals surface area contributed by atoms with Crippen molar-refractivity contribution in [1.82, 2.24) is 29.6 Å². The normalized spacial score (nSPS) is 18.0. The van der Waals surface area contributed by atoms with Crippen molar-refractivity contribution in [1.29, 1.82) is 0 Å². The summed E-state index contributed by atoms with van der Waals surface area (Å²) in [6.07, 6.45) is 7.26. The fourth-order valence-electron chi connectivity index (χ4n) is 3.95. The fraction of sp³-hybridized carbons (Fsp3) is 0.611. The largest absolute Gasteiger partial charge is 0.338 e. The van der Waals surface area contributed by atoms with E-state index in [4.69, 9.17) is 0 Å². The van der Waals surface area contributed by atoms with Crippen LogP contribution in [0.4, 0.5) is 0 Å². The van der Waals surface area contributed by atoms with E-state index in [0.717, 1.165) is 56.2 Å². The highest BCUT2D eigenvalue weighted by Crippen LogP contribution is 2.30. The zero-order chi connectivity index (χ0) is 17.4. The van der Waals surface area contributed by atoms with E-state index >= 15 is 0 Å². The number of carbonyl (C=O) groups is 1. The molecule has 0 unspecified atom stereocenters. The second kappa shape index (κ2) is 6.54. The highest BCUT2D eigenvalue weighted by atomic mass is 16.2. The molecule has 0 N–H and O–H groups in total. The van der Waals surface area contributed by atoms with E-state index in [2.05, 4.69) is 38.6 Å². The first-order valence-electron chi connectivity index (χ1n) is 9.16. The van der Waals surface area contributed by atoms with Gasteiger partial charge >= 0.3 is 0 Å². The zero-order valence-electron chi connectivity index (χ0n) is 14.9. The predicted molar refractivity (Wildman–Crippen MR) is 92.3 cm³/mol. The van der Waals surface area contributed by atoms with Crippen LogP contribution in [0.15, 0.2) is 12.5 Å². The molecule has 4 rings (SSSR count). The van der Waals surface area contributed by atoms with Crippen LogP contribution in [0.25, 0.3) is 0 Å². The molecular weight excluding hydrogens is 316 g/mol. The summed E-state index contributed by atoms with van der Waals surface area (Å²) in [5.74, 6) is 2.90. The third kappa shape index (κ3) is 2.92. The van der Waals surface area contributed by atoms with Gasteiger partial charge in [-0.2, -0.15) is 0 Å². The van der Waals surface area contributed by atoms with E-state index in [1.807, 2.05) is 4.90 Å². The van der Waals surface area contributed by atoms with E-state index in [-0.39, 0.29) is 11.8 Å². The summed E-state index contributed by atoms with van der Waals surface area (Å²) in [5, 5.41) is 8.74. The molecule has 25 heavy (non-hydrogen) atoms. The van der Waals surface area contributed by atoms with Gasteiger partial charge in [-0.3, -0.25) is 4.79 Å². The topological polar surface area (TPSA) is 76.8 Å². The molecule has 1 fully saturated rings. The van der Waals surface area contributed by atoms with Crippen molar-refractivity contribution < 1.29 is 4.79 Å². The molecule has 4 heterocycles. The van der Waals surface area contributed by atoms with Gasteiger partial charge in [-0.1, -0.05) is 13.8 Å². The SMILES string of the molecule is CC(C)c1ncncc1C(=O)N1CCC(c2nnc3n2CCC3)CC1. The highest BCUT2D eigenvalue weighted by Gasteiger charge is 2.30. The first kappa shape index (κ1) is 16.2. The van der Waals surface area contributed by atoms with Gasteiger partial charge in [-0.25, -0.2) is 9.97 Å². The Balaban J connectivity index is 1.46. The summed E-state index contributed by atoms with van der Waals surface area (Å²) in [6.45, 7) is 6.64. The van der Waals surface area contributed by atoms with Crippen LogP contribution in [0.3, 0.4) is 0 Å². The summed E-state index contributed by atoms with van der Waals surface area (Å²) in [4.78, 5) is 23.2. The van der Waals surface area contributed by atoms with Crippen LogP contribution in [0.2, 0.25) is 0 Å². The number of aromatic nitrogens is 5. The lowest BCUT2D eigenvalue weighted by Crippen LogP contribution is -2.39. The molecule has 2 aliphatic heterocycles. The summed E-state index contributed by atoms with van der Waals surface area (Å²) in [7, 11) is 0. The molecule has 132 valence electrons. The Labute approximate surface area is 147 Å². The molecule has 1 saturated heterocycles. The molecule has 0 saturated carbocycles. The van der Waals surface area contributed by atoms with Crippen molar-refractivity contribution in [3.63, 3.8) is 0 Å². The second-order valence-electron chi connectivity index (χ2n) is 7.27. The molecule has 0 atom stereocenters. The third-order valence-electron chi connectivity index (χ3n) is 5.31. The van der Waals surface area contributed by atoms with Gasteiger partial charge in [-0.05, 0) is 25.2 Å². The Hall–Kier alpha value is -2.31. The molecule has 2 aliphatic rings. The average molecular weight is 340 g/mol. The molecule has 0 radical (unpaired) electrons. The van der Waals surface area contributed by atoms with Crippen molar-refractivity contribution >= 4 is 5.91 Å². The van der Waals surface area contributed by atoms with Gasteiger partial charge in [0, 0.05) is 38.2 Å². The maximum atomic E-state index is 12.9. The maximum Gasteiger partial charge on any atom is 0.257 e. The maximum absolute atomic E-state index is 12.9. The number of fused-ring (bicyclic) bond motifs is 1. The van der Waals surface area contributed by atoms with Gasteiger partial charge in [0.2, 0.25) is 0 Å². The van der Waals surface area contributed by atoms with E-state index in [9.17, 15) is 4.79 Å². The summed E-state index contributed by atoms with van der Waals surface area (Å²) in [6, 6.07) is 0. The predicted octanol–water partition coefficient (Wildman–Crippen LogP) is 2.16. The number of amides is 1. The molecule has 7 nitrogen and oxygen atoms in total. The molecule has 0 aliphatic carbocycles. The lowest BCUT2D eigenvalue weighted by Gasteiger charge is -2.32. The standard InChI is InChI=1S/C18H24N6O/c1-12(2)16-14(10-19-11-20-16)18(25)23-8-5-13(6-9-23)17-22-21-15-4-3-7-24(15)17/h10-13H,3-9H2,1-2H3. The molecule has 2 aromatic heterocycles. The van der Waals surface area contributed by atoms with Crippen LogP contribution in [-0.2, 0) is 13.0 Å². The quantitative estimate of drug-likeness (QED) is 0.856. The van der Waals surface area contributed by atoms with Crippen molar-refractivity contribution in [3.8, 4) is 0 Å². The number of aryl methyl sites for hydroxylation is 1. The lowest BCUT2D eigenvalue weighted by atomic mass is 9.95. The first-order valence-corrected chi connectivity index (χ1v) is 9.16. The summed E-state index contributed by atoms with van der Waals surface area (Å²) in [5.41, 5.74) is 1.47. The van der Waals surface area contributed by atoms with E-state index in [1.54, 1.807) is 6.20 Å². The molecular formula is C18H24N6O. The molecule has 0 spiro atoms. The van der Waals surface area contributed by atoms with Gasteiger partial charge in [-0.15, -0.1) is 10.2 Å². The van der Waals surface area contributed by atoms with E-state index in [0.29, 0.717) is 11.5 Å². The van der Waals surface area contributed by atoms with Crippen molar-refractivity contribution in [2.45, 2.75) is 57.9 Å².